The topological polar surface area (TPSA) is 58.6 Å². The van der Waals surface area contributed by atoms with Crippen molar-refractivity contribution >= 4 is 5.84 Å². The summed E-state index contributed by atoms with van der Waals surface area (Å²) >= 11 is 0. The Balaban J connectivity index is 2.25. The lowest BCUT2D eigenvalue weighted by molar-refractivity contribution is -0.138. The third-order valence-corrected chi connectivity index (χ3v) is 3.93. The van der Waals surface area contributed by atoms with Crippen molar-refractivity contribution in [3.05, 3.63) is 70.3 Å². The highest BCUT2D eigenvalue weighted by Crippen LogP contribution is 2.33. The van der Waals surface area contributed by atoms with E-state index in [0.29, 0.717) is 6.42 Å². The van der Waals surface area contributed by atoms with Gasteiger partial charge in [0, 0.05) is 5.56 Å². The number of hydrogen-bond acceptors (Lipinski definition) is 2. The Morgan fingerprint density at radius 3 is 2.21 bits per heavy atom. The maximum Gasteiger partial charge on any atom is 0.416 e. The zero-order chi connectivity index (χ0) is 17.7. The molecule has 128 valence electrons. The predicted molar refractivity (Wildman–Crippen MR) is 87.2 cm³/mol. The van der Waals surface area contributed by atoms with Gasteiger partial charge in [-0.15, -0.1) is 0 Å². The van der Waals surface area contributed by atoms with Gasteiger partial charge in [-0.25, -0.2) is 0 Å². The summed E-state index contributed by atoms with van der Waals surface area (Å²) in [4.78, 5) is 0. The van der Waals surface area contributed by atoms with E-state index in [0.717, 1.165) is 18.1 Å². The summed E-state index contributed by atoms with van der Waals surface area (Å²) < 4.78 is 39.8. The van der Waals surface area contributed by atoms with E-state index < -0.39 is 11.7 Å². The molecule has 0 heterocycles. The third kappa shape index (κ3) is 4.28. The highest BCUT2D eigenvalue weighted by atomic mass is 19.4. The predicted octanol–water partition coefficient (Wildman–Crippen LogP) is 4.15. The van der Waals surface area contributed by atoms with E-state index in [1.165, 1.54) is 17.7 Å². The molecule has 0 saturated heterocycles. The summed E-state index contributed by atoms with van der Waals surface area (Å²) in [5.41, 5.74) is 7.04. The van der Waals surface area contributed by atoms with Crippen LogP contribution >= 0.6 is 0 Å². The van der Waals surface area contributed by atoms with Gasteiger partial charge < -0.3 is 10.9 Å². The van der Waals surface area contributed by atoms with E-state index in [2.05, 4.69) is 5.16 Å². The Kier molecular flexibility index (Phi) is 5.49. The molecule has 2 aromatic carbocycles. The standard InChI is InChI=1S/C18H19F3N2O/c1-2-12-3-5-13(6-4-12)7-8-14-9-10-15(17(22)23-24)11-16(14)18(19,20)21/h3-6,9-11,24H,2,7-8H2,1H3,(H2,22,23). The average Bonchev–Trinajstić information content (AvgIpc) is 2.58. The molecule has 24 heavy (non-hydrogen) atoms. The van der Waals surface area contributed by atoms with Crippen LogP contribution in [0.15, 0.2) is 47.6 Å². The quantitative estimate of drug-likeness (QED) is 0.373. The summed E-state index contributed by atoms with van der Waals surface area (Å²) in [6.07, 6.45) is -2.80. The number of alkyl halides is 3. The van der Waals surface area contributed by atoms with E-state index in [4.69, 9.17) is 10.9 Å². The van der Waals surface area contributed by atoms with Gasteiger partial charge in [-0.2, -0.15) is 13.2 Å². The molecule has 0 aliphatic carbocycles. The first kappa shape index (κ1) is 17.8. The van der Waals surface area contributed by atoms with Gasteiger partial charge in [0.15, 0.2) is 5.84 Å². The number of hydrogen-bond donors (Lipinski definition) is 2. The largest absolute Gasteiger partial charge is 0.416 e. The molecule has 0 atom stereocenters. The van der Waals surface area contributed by atoms with Crippen LogP contribution in [0, 0.1) is 0 Å². The smallest absolute Gasteiger partial charge is 0.409 e. The lowest BCUT2D eigenvalue weighted by Gasteiger charge is -2.14. The molecule has 3 N–H and O–H groups in total. The minimum Gasteiger partial charge on any atom is -0.409 e. The van der Waals surface area contributed by atoms with Crippen molar-refractivity contribution in [2.45, 2.75) is 32.4 Å². The SMILES string of the molecule is CCc1ccc(CCc2ccc(/C(N)=N/O)cc2C(F)(F)F)cc1. The van der Waals surface area contributed by atoms with Gasteiger partial charge in [0.25, 0.3) is 0 Å². The Hall–Kier alpha value is -2.50. The van der Waals surface area contributed by atoms with Gasteiger partial charge in [-0.3, -0.25) is 0 Å². The van der Waals surface area contributed by atoms with Crippen LogP contribution in [0.5, 0.6) is 0 Å². The molecule has 0 spiro atoms. The normalized spacial score (nSPS) is 12.4. The van der Waals surface area contributed by atoms with Gasteiger partial charge in [-0.1, -0.05) is 48.5 Å². The molecule has 3 nitrogen and oxygen atoms in total. The molecule has 2 rings (SSSR count). The van der Waals surface area contributed by atoms with E-state index in [9.17, 15) is 13.2 Å². The van der Waals surface area contributed by atoms with Gasteiger partial charge in [0.1, 0.15) is 0 Å². The lowest BCUT2D eigenvalue weighted by atomic mass is 9.96. The number of nitrogens with zero attached hydrogens (tertiary/aromatic N) is 1. The van der Waals surface area contributed by atoms with Crippen LogP contribution in [-0.4, -0.2) is 11.0 Å². The first-order valence-electron chi connectivity index (χ1n) is 7.61. The van der Waals surface area contributed by atoms with Gasteiger partial charge in [0.2, 0.25) is 0 Å². The van der Waals surface area contributed by atoms with Crippen LogP contribution in [0.4, 0.5) is 13.2 Å². The Morgan fingerprint density at radius 1 is 1.04 bits per heavy atom. The van der Waals surface area contributed by atoms with Crippen LogP contribution in [0.3, 0.4) is 0 Å². The van der Waals surface area contributed by atoms with Crippen molar-refractivity contribution in [3.63, 3.8) is 0 Å². The Labute approximate surface area is 138 Å². The summed E-state index contributed by atoms with van der Waals surface area (Å²) in [5.74, 6) is -0.345. The highest BCUT2D eigenvalue weighted by Gasteiger charge is 2.33. The zero-order valence-corrected chi connectivity index (χ0v) is 13.3. The molecule has 0 aliphatic rings. The second-order valence-electron chi connectivity index (χ2n) is 5.52. The van der Waals surface area contributed by atoms with Crippen molar-refractivity contribution in [2.75, 3.05) is 0 Å². The molecule has 6 heteroatoms. The first-order valence-corrected chi connectivity index (χ1v) is 7.61. The minimum absolute atomic E-state index is 0.0425. The van der Waals surface area contributed by atoms with Gasteiger partial charge in [0.05, 0.1) is 5.56 Å². The number of nitrogens with two attached hydrogens (primary N) is 1. The van der Waals surface area contributed by atoms with Crippen molar-refractivity contribution in [1.82, 2.24) is 0 Å². The van der Waals surface area contributed by atoms with E-state index in [1.807, 2.05) is 31.2 Å². The minimum atomic E-state index is -4.49. The third-order valence-electron chi connectivity index (χ3n) is 3.93. The average molecular weight is 336 g/mol. The summed E-state index contributed by atoms with van der Waals surface area (Å²) in [6, 6.07) is 11.6. The second-order valence-corrected chi connectivity index (χ2v) is 5.52. The Morgan fingerprint density at radius 2 is 1.67 bits per heavy atom. The van der Waals surface area contributed by atoms with Crippen LogP contribution < -0.4 is 5.73 Å². The number of halogens is 3. The fourth-order valence-electron chi connectivity index (χ4n) is 2.50. The number of aryl methyl sites for hydroxylation is 3. The molecular weight excluding hydrogens is 317 g/mol. The van der Waals surface area contributed by atoms with Crippen molar-refractivity contribution in [3.8, 4) is 0 Å². The number of amidine groups is 1. The fraction of sp³-hybridized carbons (Fsp3) is 0.278. The van der Waals surface area contributed by atoms with Crippen LogP contribution in [0.25, 0.3) is 0 Å². The monoisotopic (exact) mass is 336 g/mol. The number of benzene rings is 2. The van der Waals surface area contributed by atoms with Gasteiger partial charge >= 0.3 is 6.18 Å². The van der Waals surface area contributed by atoms with E-state index in [-0.39, 0.29) is 23.4 Å². The molecular formula is C18H19F3N2O. The number of oxime groups is 1. The van der Waals surface area contributed by atoms with E-state index in [1.54, 1.807) is 0 Å². The second kappa shape index (κ2) is 7.38. The molecule has 0 aliphatic heterocycles. The van der Waals surface area contributed by atoms with Crippen molar-refractivity contribution in [2.24, 2.45) is 10.9 Å². The van der Waals surface area contributed by atoms with Crippen molar-refractivity contribution < 1.29 is 18.4 Å². The summed E-state index contributed by atoms with van der Waals surface area (Å²) in [5, 5.41) is 11.4. The molecule has 0 saturated carbocycles. The van der Waals surface area contributed by atoms with Gasteiger partial charge in [-0.05, 0) is 42.0 Å². The zero-order valence-electron chi connectivity index (χ0n) is 13.3. The Bertz CT molecular complexity index is 722. The fourth-order valence-corrected chi connectivity index (χ4v) is 2.50. The molecule has 2 aromatic rings. The molecule has 0 amide bonds. The van der Waals surface area contributed by atoms with Crippen molar-refractivity contribution in [1.29, 1.82) is 0 Å². The highest BCUT2D eigenvalue weighted by molar-refractivity contribution is 5.97. The maximum atomic E-state index is 13.3. The number of rotatable bonds is 5. The summed E-state index contributed by atoms with van der Waals surface area (Å²) in [7, 11) is 0. The molecule has 0 aromatic heterocycles. The van der Waals surface area contributed by atoms with Crippen LogP contribution in [0.1, 0.15) is 34.7 Å². The van der Waals surface area contributed by atoms with Crippen LogP contribution in [0.2, 0.25) is 0 Å². The summed E-state index contributed by atoms with van der Waals surface area (Å²) in [6.45, 7) is 2.05. The molecule has 0 fully saturated rings. The lowest BCUT2D eigenvalue weighted by Crippen LogP contribution is -2.16. The molecule has 0 bridgehead atoms. The van der Waals surface area contributed by atoms with Crippen LogP contribution in [-0.2, 0) is 25.4 Å². The molecule has 0 radical (unpaired) electrons. The first-order chi connectivity index (χ1) is 11.3. The molecule has 0 unspecified atom stereocenters. The maximum absolute atomic E-state index is 13.3. The van der Waals surface area contributed by atoms with E-state index >= 15 is 0 Å².